The first kappa shape index (κ1) is 13.6. The third-order valence-corrected chi connectivity index (χ3v) is 4.42. The molecule has 2 aliphatic carbocycles. The van der Waals surface area contributed by atoms with E-state index in [1.807, 2.05) is 0 Å². The van der Waals surface area contributed by atoms with Gasteiger partial charge in [0.05, 0.1) is 12.1 Å². The minimum absolute atomic E-state index is 0.0750. The van der Waals surface area contributed by atoms with Gasteiger partial charge in [0, 0.05) is 5.92 Å². The zero-order valence-corrected chi connectivity index (χ0v) is 11.3. The molecule has 1 saturated carbocycles. The molecule has 1 fully saturated rings. The van der Waals surface area contributed by atoms with Gasteiger partial charge in [0.1, 0.15) is 0 Å². The summed E-state index contributed by atoms with van der Waals surface area (Å²) in [6.07, 6.45) is 11.2. The molecule has 0 aromatic carbocycles. The highest BCUT2D eigenvalue weighted by atomic mass is 16.3. The zero-order chi connectivity index (χ0) is 13.0. The second-order valence-corrected chi connectivity index (χ2v) is 6.11. The predicted octanol–water partition coefficient (Wildman–Crippen LogP) is 2.40. The average molecular weight is 251 g/mol. The molecule has 3 unspecified atom stereocenters. The van der Waals surface area contributed by atoms with E-state index in [1.165, 1.54) is 6.42 Å². The first-order chi connectivity index (χ1) is 8.65. The van der Waals surface area contributed by atoms with Crippen molar-refractivity contribution in [3.05, 3.63) is 12.2 Å². The van der Waals surface area contributed by atoms with Crippen LogP contribution >= 0.6 is 0 Å². The van der Waals surface area contributed by atoms with Crippen molar-refractivity contribution in [1.29, 1.82) is 0 Å². The lowest BCUT2D eigenvalue weighted by Gasteiger charge is -2.40. The summed E-state index contributed by atoms with van der Waals surface area (Å²) in [7, 11) is 0. The van der Waals surface area contributed by atoms with Crippen LogP contribution in [0.25, 0.3) is 0 Å². The van der Waals surface area contributed by atoms with Crippen molar-refractivity contribution in [2.75, 3.05) is 6.61 Å². The number of rotatable bonds is 3. The highest BCUT2D eigenvalue weighted by molar-refractivity contribution is 5.79. The minimum atomic E-state index is -0.351. The molecule has 102 valence electrons. The fourth-order valence-electron chi connectivity index (χ4n) is 3.35. The number of aliphatic hydroxyl groups is 1. The molecule has 0 aliphatic heterocycles. The second-order valence-electron chi connectivity index (χ2n) is 6.11. The largest absolute Gasteiger partial charge is 0.394 e. The Labute approximate surface area is 110 Å². The standard InChI is InChI=1S/C15H25NO2/c1-12-6-5-9-15(10-12,11-17)16-14(18)13-7-3-2-4-8-13/h2-3,12-13,17H,4-11H2,1H3,(H,16,18). The lowest BCUT2D eigenvalue weighted by molar-refractivity contribution is -0.128. The topological polar surface area (TPSA) is 49.3 Å². The summed E-state index contributed by atoms with van der Waals surface area (Å²) in [6.45, 7) is 2.28. The van der Waals surface area contributed by atoms with Crippen LogP contribution in [-0.4, -0.2) is 23.2 Å². The van der Waals surface area contributed by atoms with Crippen LogP contribution in [0, 0.1) is 11.8 Å². The summed E-state index contributed by atoms with van der Waals surface area (Å²) >= 11 is 0. The first-order valence-electron chi connectivity index (χ1n) is 7.23. The molecule has 0 spiro atoms. The summed E-state index contributed by atoms with van der Waals surface area (Å²) in [5.74, 6) is 0.843. The van der Waals surface area contributed by atoms with E-state index in [0.29, 0.717) is 5.92 Å². The van der Waals surface area contributed by atoms with E-state index in [-0.39, 0.29) is 24.0 Å². The molecule has 0 aromatic rings. The Morgan fingerprint density at radius 2 is 2.28 bits per heavy atom. The van der Waals surface area contributed by atoms with Gasteiger partial charge in [0.2, 0.25) is 5.91 Å². The molecule has 0 aromatic heterocycles. The quantitative estimate of drug-likeness (QED) is 0.757. The molecule has 0 radical (unpaired) electrons. The third-order valence-electron chi connectivity index (χ3n) is 4.42. The van der Waals surface area contributed by atoms with Crippen molar-refractivity contribution in [2.24, 2.45) is 11.8 Å². The molecule has 3 nitrogen and oxygen atoms in total. The van der Waals surface area contributed by atoms with Crippen molar-refractivity contribution < 1.29 is 9.90 Å². The van der Waals surface area contributed by atoms with Crippen LogP contribution in [0.4, 0.5) is 0 Å². The Bertz CT molecular complexity index is 326. The molecule has 2 N–H and O–H groups in total. The Kier molecular flexibility index (Phi) is 4.44. The van der Waals surface area contributed by atoms with Crippen LogP contribution < -0.4 is 5.32 Å². The third kappa shape index (κ3) is 3.14. The van der Waals surface area contributed by atoms with Gasteiger partial charge >= 0.3 is 0 Å². The maximum atomic E-state index is 12.3. The van der Waals surface area contributed by atoms with Gasteiger partial charge in [-0.25, -0.2) is 0 Å². The molecule has 0 heterocycles. The Morgan fingerprint density at radius 1 is 1.44 bits per heavy atom. The number of carbonyl (C=O) groups excluding carboxylic acids is 1. The number of allylic oxidation sites excluding steroid dienone is 2. The summed E-state index contributed by atoms with van der Waals surface area (Å²) in [5, 5.41) is 12.8. The van der Waals surface area contributed by atoms with E-state index >= 15 is 0 Å². The van der Waals surface area contributed by atoms with Crippen molar-refractivity contribution >= 4 is 5.91 Å². The normalized spacial score (nSPS) is 36.3. The Balaban J connectivity index is 1.96. The lowest BCUT2D eigenvalue weighted by atomic mass is 9.76. The van der Waals surface area contributed by atoms with E-state index in [1.54, 1.807) is 0 Å². The number of hydrogen-bond acceptors (Lipinski definition) is 2. The maximum absolute atomic E-state index is 12.3. The fourth-order valence-corrected chi connectivity index (χ4v) is 3.35. The maximum Gasteiger partial charge on any atom is 0.223 e. The lowest BCUT2D eigenvalue weighted by Crippen LogP contribution is -2.55. The predicted molar refractivity (Wildman–Crippen MR) is 72.1 cm³/mol. The summed E-state index contributed by atoms with van der Waals surface area (Å²) in [4.78, 5) is 12.3. The summed E-state index contributed by atoms with van der Waals surface area (Å²) in [6, 6.07) is 0. The SMILES string of the molecule is CC1CCCC(CO)(NC(=O)C2CC=CCC2)C1. The number of nitrogens with one attached hydrogen (secondary N) is 1. The van der Waals surface area contributed by atoms with Gasteiger partial charge in [0.15, 0.2) is 0 Å². The number of carbonyl (C=O) groups is 1. The van der Waals surface area contributed by atoms with Crippen molar-refractivity contribution in [3.8, 4) is 0 Å². The zero-order valence-electron chi connectivity index (χ0n) is 11.3. The number of amides is 1. The van der Waals surface area contributed by atoms with Gasteiger partial charge in [-0.1, -0.05) is 31.9 Å². The van der Waals surface area contributed by atoms with Gasteiger partial charge in [-0.3, -0.25) is 4.79 Å². The van der Waals surface area contributed by atoms with Crippen molar-refractivity contribution in [2.45, 2.75) is 57.4 Å². The second kappa shape index (κ2) is 5.87. The van der Waals surface area contributed by atoms with Crippen molar-refractivity contribution in [3.63, 3.8) is 0 Å². The average Bonchev–Trinajstić information content (AvgIpc) is 2.39. The Morgan fingerprint density at radius 3 is 2.89 bits per heavy atom. The van der Waals surface area contributed by atoms with Crippen LogP contribution in [0.2, 0.25) is 0 Å². The molecule has 3 heteroatoms. The van der Waals surface area contributed by atoms with Crippen LogP contribution in [-0.2, 0) is 4.79 Å². The molecule has 0 saturated heterocycles. The van der Waals surface area contributed by atoms with Crippen molar-refractivity contribution in [1.82, 2.24) is 5.32 Å². The van der Waals surface area contributed by atoms with E-state index in [4.69, 9.17) is 0 Å². The fraction of sp³-hybridized carbons (Fsp3) is 0.800. The minimum Gasteiger partial charge on any atom is -0.394 e. The van der Waals surface area contributed by atoms with Gasteiger partial charge in [-0.15, -0.1) is 0 Å². The van der Waals surface area contributed by atoms with Gasteiger partial charge in [0.25, 0.3) is 0 Å². The molecule has 18 heavy (non-hydrogen) atoms. The van der Waals surface area contributed by atoms with E-state index in [0.717, 1.165) is 38.5 Å². The van der Waals surface area contributed by atoms with Gasteiger partial charge in [-0.2, -0.15) is 0 Å². The molecule has 2 rings (SSSR count). The molecule has 2 aliphatic rings. The first-order valence-corrected chi connectivity index (χ1v) is 7.23. The van der Waals surface area contributed by atoms with E-state index in [2.05, 4.69) is 24.4 Å². The molecular weight excluding hydrogens is 226 g/mol. The smallest absolute Gasteiger partial charge is 0.223 e. The molecule has 3 atom stereocenters. The summed E-state index contributed by atoms with van der Waals surface area (Å²) in [5.41, 5.74) is -0.351. The van der Waals surface area contributed by atoms with Crippen LogP contribution in [0.1, 0.15) is 51.9 Å². The van der Waals surface area contributed by atoms with E-state index < -0.39 is 0 Å². The summed E-state index contributed by atoms with van der Waals surface area (Å²) < 4.78 is 0. The molecule has 0 bridgehead atoms. The highest BCUT2D eigenvalue weighted by Gasteiger charge is 2.37. The molecular formula is C15H25NO2. The molecule has 1 amide bonds. The highest BCUT2D eigenvalue weighted by Crippen LogP contribution is 2.32. The number of aliphatic hydroxyl groups excluding tert-OH is 1. The van der Waals surface area contributed by atoms with Gasteiger partial charge < -0.3 is 10.4 Å². The van der Waals surface area contributed by atoms with Crippen LogP contribution in [0.5, 0.6) is 0 Å². The Hall–Kier alpha value is -0.830. The van der Waals surface area contributed by atoms with Gasteiger partial charge in [-0.05, 0) is 38.0 Å². The van der Waals surface area contributed by atoms with E-state index in [9.17, 15) is 9.90 Å². The number of hydrogen-bond donors (Lipinski definition) is 2. The monoisotopic (exact) mass is 251 g/mol. The van der Waals surface area contributed by atoms with Crippen LogP contribution in [0.3, 0.4) is 0 Å². The van der Waals surface area contributed by atoms with Crippen LogP contribution in [0.15, 0.2) is 12.2 Å².